The molecule has 0 heterocycles. The predicted octanol–water partition coefficient (Wildman–Crippen LogP) is 8.33. The van der Waals surface area contributed by atoms with Crippen molar-refractivity contribution in [1.82, 2.24) is 5.32 Å². The summed E-state index contributed by atoms with van der Waals surface area (Å²) in [5.74, 6) is -0.115. The average molecular weight is 506 g/mol. The molecule has 4 heteroatoms. The molecule has 0 unspecified atom stereocenters. The van der Waals surface area contributed by atoms with E-state index in [2.05, 4.69) is 43.5 Å². The highest BCUT2D eigenvalue weighted by Gasteiger charge is 2.17. The van der Waals surface area contributed by atoms with Gasteiger partial charge in [-0.3, -0.25) is 4.79 Å². The molecule has 2 atom stereocenters. The first-order chi connectivity index (χ1) is 17.7. The van der Waals surface area contributed by atoms with E-state index in [1.807, 2.05) is 6.08 Å². The fourth-order valence-corrected chi connectivity index (χ4v) is 4.21. The van der Waals surface area contributed by atoms with Crippen LogP contribution in [0.4, 0.5) is 0 Å². The van der Waals surface area contributed by atoms with Crippen LogP contribution in [0.3, 0.4) is 0 Å². The molecule has 0 spiro atoms. The summed E-state index contributed by atoms with van der Waals surface area (Å²) < 4.78 is 0. The van der Waals surface area contributed by atoms with Gasteiger partial charge in [0.1, 0.15) is 0 Å². The zero-order chi connectivity index (χ0) is 26.5. The van der Waals surface area contributed by atoms with Gasteiger partial charge in [0.25, 0.3) is 0 Å². The van der Waals surface area contributed by atoms with Gasteiger partial charge in [0.2, 0.25) is 5.91 Å². The molecule has 0 aromatic rings. The smallest absolute Gasteiger partial charge is 0.220 e. The molecule has 1 amide bonds. The highest BCUT2D eigenvalue weighted by Crippen LogP contribution is 2.12. The van der Waals surface area contributed by atoms with Gasteiger partial charge < -0.3 is 15.5 Å². The quantitative estimate of drug-likeness (QED) is 0.0817. The number of allylic oxidation sites excluding steroid dienone is 5. The minimum absolute atomic E-state index is 0.115. The van der Waals surface area contributed by atoms with Crippen LogP contribution in [-0.2, 0) is 4.79 Å². The van der Waals surface area contributed by atoms with Gasteiger partial charge in [-0.25, -0.2) is 0 Å². The minimum atomic E-state index is -0.851. The Morgan fingerprint density at radius 1 is 0.667 bits per heavy atom. The second-order valence-corrected chi connectivity index (χ2v) is 10.2. The van der Waals surface area contributed by atoms with Gasteiger partial charge >= 0.3 is 0 Å². The maximum Gasteiger partial charge on any atom is 0.220 e. The summed E-state index contributed by atoms with van der Waals surface area (Å²) in [6.07, 6.45) is 35.0. The largest absolute Gasteiger partial charge is 0.394 e. The van der Waals surface area contributed by atoms with Gasteiger partial charge in [0, 0.05) is 6.42 Å². The molecule has 0 aliphatic heterocycles. The summed E-state index contributed by atoms with van der Waals surface area (Å²) in [4.78, 5) is 12.2. The first-order valence-electron chi connectivity index (χ1n) is 15.2. The molecule has 0 rings (SSSR count). The van der Waals surface area contributed by atoms with E-state index in [1.54, 1.807) is 6.08 Å². The topological polar surface area (TPSA) is 69.6 Å². The van der Waals surface area contributed by atoms with Crippen molar-refractivity contribution in [3.63, 3.8) is 0 Å². The molecule has 0 saturated heterocycles. The first kappa shape index (κ1) is 34.6. The molecular weight excluding hydrogens is 446 g/mol. The van der Waals surface area contributed by atoms with E-state index in [0.717, 1.165) is 38.5 Å². The molecule has 0 aromatic heterocycles. The number of amides is 1. The highest BCUT2D eigenvalue weighted by atomic mass is 16.3. The third kappa shape index (κ3) is 24.3. The molecule has 36 heavy (non-hydrogen) atoms. The van der Waals surface area contributed by atoms with Crippen LogP contribution in [0.15, 0.2) is 36.5 Å². The molecule has 0 radical (unpaired) electrons. The number of aliphatic hydroxyl groups is 2. The SMILES string of the molecule is CCCCC/C=C/C/C=C/CCCC(=O)N[C@@H](CO)[C@H](O)/C=C/CCCCCCCCCCCCC. The molecule has 0 aliphatic carbocycles. The van der Waals surface area contributed by atoms with Crippen LogP contribution in [0.1, 0.15) is 142 Å². The van der Waals surface area contributed by atoms with Crippen LogP contribution in [-0.4, -0.2) is 34.9 Å². The van der Waals surface area contributed by atoms with Gasteiger partial charge in [-0.05, 0) is 44.9 Å². The lowest BCUT2D eigenvalue weighted by atomic mass is 10.0. The lowest BCUT2D eigenvalue weighted by Crippen LogP contribution is -2.45. The summed E-state index contributed by atoms with van der Waals surface area (Å²) in [6, 6.07) is -0.639. The van der Waals surface area contributed by atoms with Crippen LogP contribution < -0.4 is 5.32 Å². The Hall–Kier alpha value is -1.39. The zero-order valence-electron chi connectivity index (χ0n) is 23.8. The van der Waals surface area contributed by atoms with Crippen molar-refractivity contribution in [1.29, 1.82) is 0 Å². The zero-order valence-corrected chi connectivity index (χ0v) is 23.8. The number of unbranched alkanes of at least 4 members (excludes halogenated alkanes) is 15. The van der Waals surface area contributed by atoms with Crippen LogP contribution >= 0.6 is 0 Å². The van der Waals surface area contributed by atoms with E-state index in [9.17, 15) is 15.0 Å². The Bertz CT molecular complexity index is 556. The number of nitrogens with one attached hydrogen (secondary N) is 1. The minimum Gasteiger partial charge on any atom is -0.394 e. The van der Waals surface area contributed by atoms with E-state index < -0.39 is 12.1 Å². The van der Waals surface area contributed by atoms with Gasteiger partial charge in [-0.2, -0.15) is 0 Å². The number of hydrogen-bond acceptors (Lipinski definition) is 3. The number of carbonyl (C=O) groups is 1. The monoisotopic (exact) mass is 505 g/mol. The Kier molecular flexibility index (Phi) is 27.1. The lowest BCUT2D eigenvalue weighted by molar-refractivity contribution is -0.122. The summed E-state index contributed by atoms with van der Waals surface area (Å²) in [6.45, 7) is 4.22. The van der Waals surface area contributed by atoms with Crippen LogP contribution in [0.25, 0.3) is 0 Å². The molecule has 3 N–H and O–H groups in total. The van der Waals surface area contributed by atoms with E-state index in [4.69, 9.17) is 0 Å². The highest BCUT2D eigenvalue weighted by molar-refractivity contribution is 5.76. The Morgan fingerprint density at radius 2 is 1.14 bits per heavy atom. The molecule has 4 nitrogen and oxygen atoms in total. The Morgan fingerprint density at radius 3 is 1.72 bits per heavy atom. The number of rotatable bonds is 26. The third-order valence-corrected chi connectivity index (χ3v) is 6.62. The van der Waals surface area contributed by atoms with Crippen molar-refractivity contribution in [3.05, 3.63) is 36.5 Å². The molecule has 0 fully saturated rings. The molecule has 0 aromatic carbocycles. The van der Waals surface area contributed by atoms with Crippen molar-refractivity contribution in [2.45, 2.75) is 154 Å². The van der Waals surface area contributed by atoms with Crippen molar-refractivity contribution < 1.29 is 15.0 Å². The summed E-state index contributed by atoms with van der Waals surface area (Å²) in [5.41, 5.74) is 0. The van der Waals surface area contributed by atoms with Gasteiger partial charge in [-0.15, -0.1) is 0 Å². The lowest BCUT2D eigenvalue weighted by Gasteiger charge is -2.19. The van der Waals surface area contributed by atoms with Crippen LogP contribution in [0.5, 0.6) is 0 Å². The van der Waals surface area contributed by atoms with E-state index in [1.165, 1.54) is 83.5 Å². The van der Waals surface area contributed by atoms with Crippen molar-refractivity contribution in [2.75, 3.05) is 6.61 Å². The van der Waals surface area contributed by atoms with Gasteiger partial charge in [0.15, 0.2) is 0 Å². The summed E-state index contributed by atoms with van der Waals surface area (Å²) in [5, 5.41) is 22.7. The van der Waals surface area contributed by atoms with Crippen molar-refractivity contribution in [3.8, 4) is 0 Å². The van der Waals surface area contributed by atoms with E-state index in [0.29, 0.717) is 6.42 Å². The van der Waals surface area contributed by atoms with E-state index in [-0.39, 0.29) is 12.5 Å². The summed E-state index contributed by atoms with van der Waals surface area (Å²) in [7, 11) is 0. The standard InChI is InChI=1S/C32H59NO3/c1-3-5-7-9-11-13-15-16-18-19-21-23-25-27-31(35)30(29-34)33-32(36)28-26-24-22-20-17-14-12-10-8-6-4-2/h12,14,20,22,25,27,30-31,34-35H,3-11,13,15-19,21,23-24,26,28-29H2,1-2H3,(H,33,36)/b14-12+,22-20+,27-25+/t30-,31+/m0/s1. The maximum atomic E-state index is 12.2. The molecule has 210 valence electrons. The third-order valence-electron chi connectivity index (χ3n) is 6.62. The normalized spacial score (nSPS) is 13.8. The van der Waals surface area contributed by atoms with E-state index >= 15 is 0 Å². The Balaban J connectivity index is 3.78. The number of carbonyl (C=O) groups excluding carboxylic acids is 1. The van der Waals surface area contributed by atoms with Crippen molar-refractivity contribution >= 4 is 5.91 Å². The average Bonchev–Trinajstić information content (AvgIpc) is 2.88. The van der Waals surface area contributed by atoms with Gasteiger partial charge in [-0.1, -0.05) is 127 Å². The second kappa shape index (κ2) is 28.2. The number of aliphatic hydroxyl groups excluding tert-OH is 2. The van der Waals surface area contributed by atoms with Gasteiger partial charge in [0.05, 0.1) is 18.8 Å². The summed E-state index contributed by atoms with van der Waals surface area (Å²) >= 11 is 0. The van der Waals surface area contributed by atoms with Crippen molar-refractivity contribution in [2.24, 2.45) is 0 Å². The Labute approximate surface area is 223 Å². The predicted molar refractivity (Wildman–Crippen MR) is 156 cm³/mol. The molecule has 0 saturated carbocycles. The molecular formula is C32H59NO3. The molecule has 0 bridgehead atoms. The first-order valence-corrected chi connectivity index (χ1v) is 15.2. The fourth-order valence-electron chi connectivity index (χ4n) is 4.21. The second-order valence-electron chi connectivity index (χ2n) is 10.2. The van der Waals surface area contributed by atoms with Crippen LogP contribution in [0.2, 0.25) is 0 Å². The maximum absolute atomic E-state index is 12.2. The van der Waals surface area contributed by atoms with Crippen LogP contribution in [0, 0.1) is 0 Å². The molecule has 0 aliphatic rings. The fraction of sp³-hybridized carbons (Fsp3) is 0.781. The number of hydrogen-bond donors (Lipinski definition) is 3.